The van der Waals surface area contributed by atoms with Crippen molar-refractivity contribution in [2.75, 3.05) is 11.3 Å². The third kappa shape index (κ3) is 4.26. The second-order valence-corrected chi connectivity index (χ2v) is 7.90. The van der Waals surface area contributed by atoms with E-state index in [0.29, 0.717) is 6.54 Å². The van der Waals surface area contributed by atoms with Gasteiger partial charge in [-0.05, 0) is 17.9 Å². The fraction of sp³-hybridized carbons (Fsp3) is 0.333. The number of amides is 1. The molecule has 0 unspecified atom stereocenters. The molecule has 114 valence electrons. The first-order valence-electron chi connectivity index (χ1n) is 6.33. The number of hydrogen-bond donors (Lipinski definition) is 2. The van der Waals surface area contributed by atoms with Gasteiger partial charge in [-0.1, -0.05) is 19.4 Å². The van der Waals surface area contributed by atoms with Gasteiger partial charge < -0.3 is 5.32 Å². The molecular formula is C12H15N3O3S3. The second-order valence-electron chi connectivity index (χ2n) is 4.18. The van der Waals surface area contributed by atoms with Crippen LogP contribution in [0, 0.1) is 0 Å². The van der Waals surface area contributed by atoms with Crippen molar-refractivity contribution in [3.05, 3.63) is 28.6 Å². The van der Waals surface area contributed by atoms with E-state index in [1.54, 1.807) is 11.4 Å². The SMILES string of the molecule is CCCCNC(=O)c1csc(NS(=O)(=O)c2cccs2)n1. The fourth-order valence-electron chi connectivity index (χ4n) is 1.48. The molecular weight excluding hydrogens is 330 g/mol. The number of thiophene rings is 1. The molecule has 0 spiro atoms. The molecule has 0 fully saturated rings. The molecule has 0 radical (unpaired) electrons. The zero-order chi connectivity index (χ0) is 15.3. The van der Waals surface area contributed by atoms with Crippen LogP contribution in [-0.2, 0) is 10.0 Å². The van der Waals surface area contributed by atoms with Crippen LogP contribution in [0.5, 0.6) is 0 Å². The Morgan fingerprint density at radius 1 is 1.38 bits per heavy atom. The monoisotopic (exact) mass is 345 g/mol. The van der Waals surface area contributed by atoms with Gasteiger partial charge in [-0.3, -0.25) is 9.52 Å². The maximum Gasteiger partial charge on any atom is 0.273 e. The number of thiazole rings is 1. The summed E-state index contributed by atoms with van der Waals surface area (Å²) in [4.78, 5) is 15.8. The smallest absolute Gasteiger partial charge is 0.273 e. The number of nitrogens with zero attached hydrogens (tertiary/aromatic N) is 1. The van der Waals surface area contributed by atoms with E-state index < -0.39 is 10.0 Å². The molecule has 0 aromatic carbocycles. The Labute approximate surface area is 131 Å². The highest BCUT2D eigenvalue weighted by molar-refractivity contribution is 7.94. The molecule has 2 aromatic rings. The number of anilines is 1. The summed E-state index contributed by atoms with van der Waals surface area (Å²) in [6.45, 7) is 2.62. The zero-order valence-electron chi connectivity index (χ0n) is 11.3. The summed E-state index contributed by atoms with van der Waals surface area (Å²) in [7, 11) is -3.62. The Kier molecular flexibility index (Phi) is 5.32. The largest absolute Gasteiger partial charge is 0.351 e. The second kappa shape index (κ2) is 7.01. The van der Waals surface area contributed by atoms with Crippen LogP contribution in [0.15, 0.2) is 27.1 Å². The van der Waals surface area contributed by atoms with E-state index in [1.165, 1.54) is 11.4 Å². The van der Waals surface area contributed by atoms with Crippen molar-refractivity contribution in [3.63, 3.8) is 0 Å². The Bertz CT molecular complexity index is 692. The lowest BCUT2D eigenvalue weighted by Crippen LogP contribution is -2.24. The van der Waals surface area contributed by atoms with E-state index >= 15 is 0 Å². The van der Waals surface area contributed by atoms with Crippen LogP contribution in [0.3, 0.4) is 0 Å². The molecule has 2 N–H and O–H groups in total. The number of unbranched alkanes of at least 4 members (excludes halogenated alkanes) is 1. The van der Waals surface area contributed by atoms with Gasteiger partial charge in [0, 0.05) is 11.9 Å². The van der Waals surface area contributed by atoms with E-state index in [1.807, 2.05) is 6.92 Å². The van der Waals surface area contributed by atoms with E-state index in [-0.39, 0.29) is 20.9 Å². The fourth-order valence-corrected chi connectivity index (χ4v) is 4.41. The topological polar surface area (TPSA) is 88.2 Å². The van der Waals surface area contributed by atoms with Crippen molar-refractivity contribution in [2.45, 2.75) is 24.0 Å². The van der Waals surface area contributed by atoms with E-state index in [4.69, 9.17) is 0 Å². The van der Waals surface area contributed by atoms with Crippen molar-refractivity contribution in [1.29, 1.82) is 0 Å². The molecule has 0 saturated heterocycles. The average molecular weight is 345 g/mol. The summed E-state index contributed by atoms with van der Waals surface area (Å²) >= 11 is 2.21. The van der Waals surface area contributed by atoms with Crippen LogP contribution < -0.4 is 10.0 Å². The molecule has 6 nitrogen and oxygen atoms in total. The van der Waals surface area contributed by atoms with Crippen LogP contribution in [0.2, 0.25) is 0 Å². The maximum absolute atomic E-state index is 12.0. The Morgan fingerprint density at radius 3 is 2.86 bits per heavy atom. The summed E-state index contributed by atoms with van der Waals surface area (Å²) in [5.41, 5.74) is 0.222. The summed E-state index contributed by atoms with van der Waals surface area (Å²) in [6.07, 6.45) is 1.89. The number of nitrogens with one attached hydrogen (secondary N) is 2. The lowest BCUT2D eigenvalue weighted by atomic mass is 10.3. The molecule has 21 heavy (non-hydrogen) atoms. The number of carbonyl (C=O) groups is 1. The molecule has 0 atom stereocenters. The Morgan fingerprint density at radius 2 is 2.19 bits per heavy atom. The van der Waals surface area contributed by atoms with Crippen LogP contribution in [0.4, 0.5) is 5.13 Å². The normalized spacial score (nSPS) is 11.3. The highest BCUT2D eigenvalue weighted by Gasteiger charge is 2.18. The van der Waals surface area contributed by atoms with Crippen LogP contribution in [0.1, 0.15) is 30.3 Å². The highest BCUT2D eigenvalue weighted by atomic mass is 32.2. The Balaban J connectivity index is 2.02. The number of carbonyl (C=O) groups excluding carboxylic acids is 1. The minimum atomic E-state index is -3.62. The first-order valence-corrected chi connectivity index (χ1v) is 9.57. The quantitative estimate of drug-likeness (QED) is 0.755. The van der Waals surface area contributed by atoms with Crippen LogP contribution in [-0.4, -0.2) is 25.9 Å². The van der Waals surface area contributed by atoms with Crippen molar-refractivity contribution in [2.24, 2.45) is 0 Å². The molecule has 0 saturated carbocycles. The highest BCUT2D eigenvalue weighted by Crippen LogP contribution is 2.22. The van der Waals surface area contributed by atoms with Gasteiger partial charge in [0.1, 0.15) is 9.90 Å². The first kappa shape index (κ1) is 15.9. The van der Waals surface area contributed by atoms with E-state index in [0.717, 1.165) is 35.5 Å². The lowest BCUT2D eigenvalue weighted by molar-refractivity contribution is 0.0949. The van der Waals surface area contributed by atoms with Crippen molar-refractivity contribution in [3.8, 4) is 0 Å². The first-order chi connectivity index (χ1) is 10.0. The molecule has 0 bridgehead atoms. The minimum Gasteiger partial charge on any atom is -0.351 e. The van der Waals surface area contributed by atoms with E-state index in [2.05, 4.69) is 15.0 Å². The predicted molar refractivity (Wildman–Crippen MR) is 84.5 cm³/mol. The summed E-state index contributed by atoms with van der Waals surface area (Å²) in [6, 6.07) is 3.17. The molecule has 2 heterocycles. The van der Waals surface area contributed by atoms with E-state index in [9.17, 15) is 13.2 Å². The van der Waals surface area contributed by atoms with Crippen LogP contribution >= 0.6 is 22.7 Å². The number of rotatable bonds is 7. The number of aromatic nitrogens is 1. The summed E-state index contributed by atoms with van der Waals surface area (Å²) in [5, 5.41) is 6.14. The van der Waals surface area contributed by atoms with Gasteiger partial charge in [0.05, 0.1) is 0 Å². The molecule has 2 rings (SSSR count). The average Bonchev–Trinajstić information content (AvgIpc) is 3.09. The molecule has 9 heteroatoms. The summed E-state index contributed by atoms with van der Waals surface area (Å²) in [5.74, 6) is -0.290. The molecule has 0 aliphatic rings. The summed E-state index contributed by atoms with van der Waals surface area (Å²) < 4.78 is 26.6. The zero-order valence-corrected chi connectivity index (χ0v) is 13.8. The molecule has 0 aliphatic heterocycles. The van der Waals surface area contributed by atoms with Gasteiger partial charge in [-0.2, -0.15) is 0 Å². The number of sulfonamides is 1. The third-order valence-electron chi connectivity index (χ3n) is 2.53. The van der Waals surface area contributed by atoms with Gasteiger partial charge in [0.25, 0.3) is 15.9 Å². The minimum absolute atomic E-state index is 0.184. The number of hydrogen-bond acceptors (Lipinski definition) is 6. The molecule has 1 amide bonds. The molecule has 0 aliphatic carbocycles. The van der Waals surface area contributed by atoms with Gasteiger partial charge in [-0.15, -0.1) is 22.7 Å². The molecule has 2 aromatic heterocycles. The van der Waals surface area contributed by atoms with Crippen molar-refractivity contribution >= 4 is 43.7 Å². The van der Waals surface area contributed by atoms with Crippen molar-refractivity contribution in [1.82, 2.24) is 10.3 Å². The maximum atomic E-state index is 12.0. The Hall–Kier alpha value is -1.45. The lowest BCUT2D eigenvalue weighted by Gasteiger charge is -2.02. The van der Waals surface area contributed by atoms with Crippen LogP contribution in [0.25, 0.3) is 0 Å². The predicted octanol–water partition coefficient (Wildman–Crippen LogP) is 2.54. The van der Waals surface area contributed by atoms with Gasteiger partial charge in [-0.25, -0.2) is 13.4 Å². The van der Waals surface area contributed by atoms with Gasteiger partial charge >= 0.3 is 0 Å². The van der Waals surface area contributed by atoms with Gasteiger partial charge in [0.2, 0.25) is 0 Å². The van der Waals surface area contributed by atoms with Crippen molar-refractivity contribution < 1.29 is 13.2 Å². The standard InChI is InChI=1S/C12H15N3O3S3/c1-2-3-6-13-11(16)9-8-20-12(14-9)15-21(17,18)10-5-4-7-19-10/h4-5,7-8H,2-3,6H2,1H3,(H,13,16)(H,14,15). The third-order valence-corrected chi connectivity index (χ3v) is 6.16. The van der Waals surface area contributed by atoms with Gasteiger partial charge in [0.15, 0.2) is 5.13 Å².